The van der Waals surface area contributed by atoms with Crippen LogP contribution in [0.4, 0.5) is 0 Å². The first-order valence-electron chi connectivity index (χ1n) is 6.82. The topological polar surface area (TPSA) is 34.9 Å². The highest BCUT2D eigenvalue weighted by atomic mass is 79.9. The van der Waals surface area contributed by atoms with Crippen LogP contribution in [0.2, 0.25) is 0 Å². The molecule has 0 aliphatic carbocycles. The van der Waals surface area contributed by atoms with Gasteiger partial charge in [-0.05, 0) is 41.0 Å². The molecule has 4 heteroatoms. The van der Waals surface area contributed by atoms with Gasteiger partial charge in [-0.2, -0.15) is 5.10 Å². The lowest BCUT2D eigenvalue weighted by Crippen LogP contribution is -2.00. The molecule has 3 nitrogen and oxygen atoms in total. The molecule has 0 fully saturated rings. The number of aromatic nitrogens is 2. The van der Waals surface area contributed by atoms with Gasteiger partial charge in [0.05, 0.1) is 6.20 Å². The number of hydrogen-bond donors (Lipinski definition) is 0. The molecule has 0 amide bonds. The maximum atomic E-state index is 12.3. The molecule has 0 radical (unpaired) electrons. The summed E-state index contributed by atoms with van der Waals surface area (Å²) in [6, 6.07) is 11.9. The summed E-state index contributed by atoms with van der Waals surface area (Å²) in [6.45, 7) is 0. The molecule has 21 heavy (non-hydrogen) atoms. The Morgan fingerprint density at radius 2 is 1.95 bits per heavy atom. The number of aryl methyl sites for hydroxylation is 2. The van der Waals surface area contributed by atoms with Crippen LogP contribution < -0.4 is 0 Å². The Labute approximate surface area is 131 Å². The molecule has 0 aliphatic rings. The summed E-state index contributed by atoms with van der Waals surface area (Å²) in [5.41, 5.74) is 1.87. The molecular formula is C17H15BrN2O. The van der Waals surface area contributed by atoms with E-state index in [2.05, 4.69) is 27.1 Å². The predicted octanol–water partition coefficient (Wildman–Crippen LogP) is 4.15. The molecule has 0 saturated carbocycles. The third kappa shape index (κ3) is 3.22. The van der Waals surface area contributed by atoms with Gasteiger partial charge in [0.25, 0.3) is 0 Å². The number of rotatable bonds is 4. The van der Waals surface area contributed by atoms with E-state index < -0.39 is 0 Å². The van der Waals surface area contributed by atoms with Crippen LogP contribution in [0.25, 0.3) is 10.8 Å². The molecule has 106 valence electrons. The fourth-order valence-corrected chi connectivity index (χ4v) is 2.77. The third-order valence-electron chi connectivity index (χ3n) is 3.52. The molecule has 3 aromatic rings. The molecule has 1 aromatic heterocycles. The van der Waals surface area contributed by atoms with Gasteiger partial charge in [-0.15, -0.1) is 0 Å². The van der Waals surface area contributed by atoms with Gasteiger partial charge in [0.2, 0.25) is 0 Å². The Balaban J connectivity index is 1.76. The molecule has 0 saturated heterocycles. The molecule has 0 N–H and O–H groups in total. The molecule has 0 unspecified atom stereocenters. The third-order valence-corrected chi connectivity index (χ3v) is 4.02. The Kier molecular flexibility index (Phi) is 3.88. The van der Waals surface area contributed by atoms with E-state index in [-0.39, 0.29) is 5.78 Å². The van der Waals surface area contributed by atoms with Crippen molar-refractivity contribution >= 4 is 32.5 Å². The first kappa shape index (κ1) is 14.0. The number of benzene rings is 2. The van der Waals surface area contributed by atoms with Crippen molar-refractivity contribution in [2.24, 2.45) is 7.05 Å². The average molecular weight is 343 g/mol. The predicted molar refractivity (Wildman–Crippen MR) is 87.5 cm³/mol. The first-order valence-corrected chi connectivity index (χ1v) is 7.61. The molecule has 0 aliphatic heterocycles. The normalized spacial score (nSPS) is 11.0. The number of halogens is 1. The van der Waals surface area contributed by atoms with Crippen molar-refractivity contribution < 1.29 is 4.79 Å². The minimum atomic E-state index is 0.170. The van der Waals surface area contributed by atoms with Gasteiger partial charge in [-0.25, -0.2) is 0 Å². The van der Waals surface area contributed by atoms with Crippen LogP contribution in [0.5, 0.6) is 0 Å². The van der Waals surface area contributed by atoms with Crippen LogP contribution in [0.3, 0.4) is 0 Å². The zero-order chi connectivity index (χ0) is 14.8. The minimum absolute atomic E-state index is 0.170. The number of carbonyl (C=O) groups is 1. The van der Waals surface area contributed by atoms with Gasteiger partial charge in [-0.3, -0.25) is 9.48 Å². The summed E-state index contributed by atoms with van der Waals surface area (Å²) in [4.78, 5) is 12.3. The van der Waals surface area contributed by atoms with Crippen LogP contribution in [-0.4, -0.2) is 15.6 Å². The molecular weight excluding hydrogens is 328 g/mol. The number of nitrogens with zero attached hydrogens (tertiary/aromatic N) is 2. The van der Waals surface area contributed by atoms with Crippen LogP contribution in [-0.2, 0) is 13.5 Å². The van der Waals surface area contributed by atoms with E-state index in [1.54, 1.807) is 4.68 Å². The first-order chi connectivity index (χ1) is 10.1. The van der Waals surface area contributed by atoms with Crippen molar-refractivity contribution in [3.63, 3.8) is 0 Å². The highest BCUT2D eigenvalue weighted by molar-refractivity contribution is 9.10. The fourth-order valence-electron chi connectivity index (χ4n) is 2.39. The minimum Gasteiger partial charge on any atom is -0.294 e. The number of fused-ring (bicyclic) bond motifs is 1. The van der Waals surface area contributed by atoms with Gasteiger partial charge < -0.3 is 0 Å². The molecule has 0 atom stereocenters. The van der Waals surface area contributed by atoms with Crippen molar-refractivity contribution in [1.82, 2.24) is 9.78 Å². The lowest BCUT2D eigenvalue weighted by molar-refractivity contribution is 0.0983. The zero-order valence-electron chi connectivity index (χ0n) is 11.7. The molecule has 2 aromatic carbocycles. The highest BCUT2D eigenvalue weighted by Crippen LogP contribution is 2.21. The van der Waals surface area contributed by atoms with Crippen molar-refractivity contribution in [2.75, 3.05) is 0 Å². The number of hydrogen-bond acceptors (Lipinski definition) is 2. The number of Topliss-reactive ketones (excluding diaryl/α,β-unsaturated/α-hetero) is 1. The van der Waals surface area contributed by atoms with Gasteiger partial charge in [0.1, 0.15) is 0 Å². The van der Waals surface area contributed by atoms with Crippen LogP contribution in [0.1, 0.15) is 22.3 Å². The Bertz CT molecular complexity index is 807. The summed E-state index contributed by atoms with van der Waals surface area (Å²) < 4.78 is 2.80. The summed E-state index contributed by atoms with van der Waals surface area (Å²) in [5, 5.41) is 6.34. The quantitative estimate of drug-likeness (QED) is 0.667. The highest BCUT2D eigenvalue weighted by Gasteiger charge is 2.08. The average Bonchev–Trinajstić information content (AvgIpc) is 2.90. The monoisotopic (exact) mass is 342 g/mol. The Morgan fingerprint density at radius 1 is 1.19 bits per heavy atom. The fraction of sp³-hybridized carbons (Fsp3) is 0.176. The molecule has 0 spiro atoms. The van der Waals surface area contributed by atoms with Crippen molar-refractivity contribution in [2.45, 2.75) is 12.8 Å². The molecule has 3 rings (SSSR count). The van der Waals surface area contributed by atoms with Gasteiger partial charge in [-0.1, -0.05) is 34.1 Å². The second-order valence-corrected chi connectivity index (χ2v) is 6.07. The van der Waals surface area contributed by atoms with Gasteiger partial charge >= 0.3 is 0 Å². The SMILES string of the molecule is Cn1cc(CCC(=O)c2ccc3cc(Br)ccc3c2)cn1. The maximum Gasteiger partial charge on any atom is 0.163 e. The molecule has 1 heterocycles. The van der Waals surface area contributed by atoms with Crippen molar-refractivity contribution in [1.29, 1.82) is 0 Å². The lowest BCUT2D eigenvalue weighted by Gasteiger charge is -2.03. The van der Waals surface area contributed by atoms with E-state index in [1.807, 2.05) is 49.8 Å². The van der Waals surface area contributed by atoms with Crippen LogP contribution in [0.15, 0.2) is 53.3 Å². The summed E-state index contributed by atoms with van der Waals surface area (Å²) in [7, 11) is 1.88. The maximum absolute atomic E-state index is 12.3. The number of carbonyl (C=O) groups excluding carboxylic acids is 1. The standard InChI is InChI=1S/C17H15BrN2O/c1-20-11-12(10-19-20)2-7-17(21)15-4-3-14-9-16(18)6-5-13(14)8-15/h3-6,8-11H,2,7H2,1H3. The van der Waals surface area contributed by atoms with E-state index in [0.29, 0.717) is 6.42 Å². The van der Waals surface area contributed by atoms with Crippen LogP contribution in [0, 0.1) is 0 Å². The zero-order valence-corrected chi connectivity index (χ0v) is 13.3. The Hall–Kier alpha value is -1.94. The van der Waals surface area contributed by atoms with E-state index in [1.165, 1.54) is 0 Å². The van der Waals surface area contributed by atoms with E-state index in [9.17, 15) is 4.79 Å². The van der Waals surface area contributed by atoms with E-state index in [4.69, 9.17) is 0 Å². The number of ketones is 1. The van der Waals surface area contributed by atoms with Gasteiger partial charge in [0, 0.05) is 29.7 Å². The largest absolute Gasteiger partial charge is 0.294 e. The van der Waals surface area contributed by atoms with Gasteiger partial charge in [0.15, 0.2) is 5.78 Å². The smallest absolute Gasteiger partial charge is 0.163 e. The molecule has 0 bridgehead atoms. The second kappa shape index (κ2) is 5.82. The van der Waals surface area contributed by atoms with E-state index >= 15 is 0 Å². The lowest BCUT2D eigenvalue weighted by atomic mass is 10.0. The summed E-state index contributed by atoms with van der Waals surface area (Å²) >= 11 is 3.46. The Morgan fingerprint density at radius 3 is 2.71 bits per heavy atom. The summed E-state index contributed by atoms with van der Waals surface area (Å²) in [6.07, 6.45) is 5.00. The van der Waals surface area contributed by atoms with Crippen molar-refractivity contribution in [3.05, 3.63) is 64.4 Å². The van der Waals surface area contributed by atoms with Crippen LogP contribution >= 0.6 is 15.9 Å². The second-order valence-electron chi connectivity index (χ2n) is 5.15. The summed E-state index contributed by atoms with van der Waals surface area (Å²) in [5.74, 6) is 0.170. The van der Waals surface area contributed by atoms with Crippen molar-refractivity contribution in [3.8, 4) is 0 Å². The van der Waals surface area contributed by atoms with E-state index in [0.717, 1.165) is 32.8 Å².